The second-order valence-corrected chi connectivity index (χ2v) is 9.65. The van der Waals surface area contributed by atoms with Gasteiger partial charge in [-0.15, -0.1) is 0 Å². The molecule has 0 fully saturated rings. The summed E-state index contributed by atoms with van der Waals surface area (Å²) in [4.78, 5) is 26.7. The number of hydrogen-bond donors (Lipinski definition) is 1. The van der Waals surface area contributed by atoms with E-state index in [1.54, 1.807) is 41.7 Å². The van der Waals surface area contributed by atoms with Crippen LogP contribution in [-0.4, -0.2) is 31.7 Å². The Hall–Kier alpha value is -5.62. The van der Waals surface area contributed by atoms with Gasteiger partial charge in [0.15, 0.2) is 0 Å². The maximum Gasteiger partial charge on any atom is 0.295 e. The summed E-state index contributed by atoms with van der Waals surface area (Å²) in [6, 6.07) is 28.2. The molecule has 42 heavy (non-hydrogen) atoms. The Bertz CT molecular complexity index is 1860. The lowest BCUT2D eigenvalue weighted by molar-refractivity contribution is -0.112. The predicted octanol–water partition coefficient (Wildman–Crippen LogP) is 5.67. The molecule has 1 amide bonds. The molecule has 3 aromatic carbocycles. The van der Waals surface area contributed by atoms with Crippen molar-refractivity contribution in [3.8, 4) is 34.5 Å². The molecule has 0 saturated carbocycles. The zero-order valence-electron chi connectivity index (χ0n) is 23.6. The van der Waals surface area contributed by atoms with Crippen molar-refractivity contribution in [3.63, 3.8) is 0 Å². The van der Waals surface area contributed by atoms with Gasteiger partial charge in [0.05, 0.1) is 23.7 Å². The van der Waals surface area contributed by atoms with E-state index in [2.05, 4.69) is 5.32 Å². The zero-order valence-corrected chi connectivity index (χ0v) is 23.6. The normalized spacial score (nSPS) is 11.2. The minimum Gasteiger partial charge on any atom is -0.494 e. The van der Waals surface area contributed by atoms with Gasteiger partial charge in [-0.25, -0.2) is 9.36 Å². The fraction of sp³-hybridized carbons (Fsp3) is 0.152. The Kier molecular flexibility index (Phi) is 8.16. The third-order valence-corrected chi connectivity index (χ3v) is 6.80. The molecule has 0 aliphatic heterocycles. The summed E-state index contributed by atoms with van der Waals surface area (Å²) in [5.74, 6) is 0.00740. The van der Waals surface area contributed by atoms with E-state index < -0.39 is 11.5 Å². The predicted molar refractivity (Wildman–Crippen MR) is 163 cm³/mol. The number of benzene rings is 3. The van der Waals surface area contributed by atoms with Crippen molar-refractivity contribution in [2.45, 2.75) is 20.3 Å². The molecule has 0 aliphatic rings. The summed E-state index contributed by atoms with van der Waals surface area (Å²) in [7, 11) is 1.74. The number of rotatable bonds is 9. The molecule has 0 aliphatic carbocycles. The lowest BCUT2D eigenvalue weighted by Gasteiger charge is -2.07. The van der Waals surface area contributed by atoms with Crippen LogP contribution < -0.4 is 15.6 Å². The maximum absolute atomic E-state index is 13.4. The fourth-order valence-corrected chi connectivity index (χ4v) is 4.58. The van der Waals surface area contributed by atoms with Crippen molar-refractivity contribution in [1.29, 1.82) is 5.26 Å². The van der Waals surface area contributed by atoms with Gasteiger partial charge in [0.1, 0.15) is 28.8 Å². The highest BCUT2D eigenvalue weighted by Crippen LogP contribution is 2.29. The van der Waals surface area contributed by atoms with Crippen LogP contribution >= 0.6 is 0 Å². The van der Waals surface area contributed by atoms with E-state index in [1.807, 2.05) is 85.8 Å². The van der Waals surface area contributed by atoms with Gasteiger partial charge in [0.25, 0.3) is 11.5 Å². The van der Waals surface area contributed by atoms with Crippen LogP contribution in [0.25, 0.3) is 28.7 Å². The van der Waals surface area contributed by atoms with Crippen molar-refractivity contribution >= 4 is 17.7 Å². The van der Waals surface area contributed by atoms with Crippen molar-refractivity contribution in [2.75, 3.05) is 11.9 Å². The van der Waals surface area contributed by atoms with Crippen LogP contribution in [0.5, 0.6) is 5.75 Å². The lowest BCUT2D eigenvalue weighted by Crippen LogP contribution is -2.23. The Labute approximate surface area is 243 Å². The van der Waals surface area contributed by atoms with Gasteiger partial charge in [-0.2, -0.15) is 10.4 Å². The summed E-state index contributed by atoms with van der Waals surface area (Å²) in [6.45, 7) is 4.36. The van der Waals surface area contributed by atoms with Crippen LogP contribution in [0.2, 0.25) is 0 Å². The molecule has 0 atom stereocenters. The van der Waals surface area contributed by atoms with Crippen molar-refractivity contribution < 1.29 is 9.53 Å². The quantitative estimate of drug-likeness (QED) is 0.185. The number of nitriles is 1. The molecule has 0 radical (unpaired) electrons. The number of para-hydroxylation sites is 2. The van der Waals surface area contributed by atoms with Gasteiger partial charge < -0.3 is 10.1 Å². The molecule has 0 bridgehead atoms. The minimum absolute atomic E-state index is 0.105. The van der Waals surface area contributed by atoms with E-state index in [0.717, 1.165) is 17.7 Å². The number of amides is 1. The Morgan fingerprint density at radius 3 is 2.38 bits per heavy atom. The van der Waals surface area contributed by atoms with Gasteiger partial charge in [-0.1, -0.05) is 55.5 Å². The number of hydrogen-bond acceptors (Lipinski definition) is 5. The molecule has 5 aromatic rings. The molecule has 0 spiro atoms. The van der Waals surface area contributed by atoms with Crippen LogP contribution in [0.15, 0.2) is 101 Å². The summed E-state index contributed by atoms with van der Waals surface area (Å²) in [6.07, 6.45) is 4.13. The number of nitrogens with one attached hydrogen (secondary N) is 1. The number of carbonyl (C=O) groups is 1. The smallest absolute Gasteiger partial charge is 0.295 e. The van der Waals surface area contributed by atoms with Crippen LogP contribution in [0, 0.1) is 18.3 Å². The Morgan fingerprint density at radius 1 is 1.02 bits per heavy atom. The molecule has 5 rings (SSSR count). The first-order valence-corrected chi connectivity index (χ1v) is 13.6. The lowest BCUT2D eigenvalue weighted by atomic mass is 10.1. The first kappa shape index (κ1) is 27.9. The first-order valence-electron chi connectivity index (χ1n) is 13.6. The minimum atomic E-state index is -0.693. The third kappa shape index (κ3) is 5.64. The second-order valence-electron chi connectivity index (χ2n) is 9.65. The Balaban J connectivity index is 1.54. The van der Waals surface area contributed by atoms with Crippen LogP contribution in [0.4, 0.5) is 5.69 Å². The van der Waals surface area contributed by atoms with E-state index >= 15 is 0 Å². The van der Waals surface area contributed by atoms with E-state index in [4.69, 9.17) is 9.84 Å². The SMILES string of the molecule is CCCOc1cccc(-c2nn(-c3ccccc3)cc2C=C(C#N)C(=O)Nc2c(C)n(C)n(-c3ccccc3)c2=O)c1. The standard InChI is InChI=1S/C33H30N6O3/c1-4-18-42-29-17-11-12-24(20-29)31-26(22-38(36-31)27-13-7-5-8-14-27)19-25(21-34)32(40)35-30-23(2)37(3)39(33(30)41)28-15-9-6-10-16-28/h5-17,19-20,22H,4,18H2,1-3H3,(H,35,40). The Morgan fingerprint density at radius 2 is 1.71 bits per heavy atom. The van der Waals surface area contributed by atoms with Crippen LogP contribution in [-0.2, 0) is 11.8 Å². The molecule has 2 heterocycles. The number of anilines is 1. The molecule has 210 valence electrons. The van der Waals surface area contributed by atoms with E-state index in [1.165, 1.54) is 10.8 Å². The molecule has 2 aromatic heterocycles. The van der Waals surface area contributed by atoms with Crippen molar-refractivity contribution in [2.24, 2.45) is 7.05 Å². The number of aromatic nitrogens is 4. The van der Waals surface area contributed by atoms with Gasteiger partial charge in [0.2, 0.25) is 0 Å². The third-order valence-electron chi connectivity index (χ3n) is 6.80. The summed E-state index contributed by atoms with van der Waals surface area (Å²) < 4.78 is 10.7. The molecular weight excluding hydrogens is 528 g/mol. The highest BCUT2D eigenvalue weighted by Gasteiger charge is 2.21. The van der Waals surface area contributed by atoms with E-state index in [-0.39, 0.29) is 11.3 Å². The fourth-order valence-electron chi connectivity index (χ4n) is 4.58. The van der Waals surface area contributed by atoms with Gasteiger partial charge in [-0.3, -0.25) is 14.3 Å². The average molecular weight is 559 g/mol. The molecule has 9 nitrogen and oxygen atoms in total. The maximum atomic E-state index is 13.4. The molecule has 0 saturated heterocycles. The number of nitrogens with zero attached hydrogens (tertiary/aromatic N) is 5. The highest BCUT2D eigenvalue weighted by atomic mass is 16.5. The molecule has 9 heteroatoms. The van der Waals surface area contributed by atoms with E-state index in [0.29, 0.717) is 35.0 Å². The summed E-state index contributed by atoms with van der Waals surface area (Å²) in [5.41, 5.74) is 3.48. The van der Waals surface area contributed by atoms with Gasteiger partial charge in [-0.05, 0) is 55.8 Å². The van der Waals surface area contributed by atoms with Gasteiger partial charge >= 0.3 is 0 Å². The average Bonchev–Trinajstić information content (AvgIpc) is 3.54. The van der Waals surface area contributed by atoms with Crippen LogP contribution in [0.3, 0.4) is 0 Å². The molecule has 0 unspecified atom stereocenters. The topological polar surface area (TPSA) is 107 Å². The van der Waals surface area contributed by atoms with Crippen molar-refractivity contribution in [1.82, 2.24) is 19.1 Å². The number of carbonyl (C=O) groups excluding carboxylic acids is 1. The first-order chi connectivity index (χ1) is 20.4. The van der Waals surface area contributed by atoms with E-state index in [9.17, 15) is 14.9 Å². The second kappa shape index (κ2) is 12.3. The molecule has 1 N–H and O–H groups in total. The largest absolute Gasteiger partial charge is 0.494 e. The summed E-state index contributed by atoms with van der Waals surface area (Å²) >= 11 is 0. The van der Waals surface area contributed by atoms with Crippen molar-refractivity contribution in [3.05, 3.63) is 118 Å². The van der Waals surface area contributed by atoms with Crippen LogP contribution in [0.1, 0.15) is 24.6 Å². The zero-order chi connectivity index (χ0) is 29.6. The number of ether oxygens (including phenoxy) is 1. The van der Waals surface area contributed by atoms with Gasteiger partial charge in [0, 0.05) is 24.4 Å². The monoisotopic (exact) mass is 558 g/mol. The summed E-state index contributed by atoms with van der Waals surface area (Å²) in [5, 5.41) is 17.5. The highest BCUT2D eigenvalue weighted by molar-refractivity contribution is 6.10. The molecular formula is C33H30N6O3.